The van der Waals surface area contributed by atoms with E-state index in [4.69, 9.17) is 27.9 Å². The molecule has 0 amide bonds. The first-order chi connectivity index (χ1) is 9.08. The van der Waals surface area contributed by atoms with Gasteiger partial charge in [-0.1, -0.05) is 23.2 Å². The van der Waals surface area contributed by atoms with Crippen molar-refractivity contribution < 1.29 is 9.84 Å². The summed E-state index contributed by atoms with van der Waals surface area (Å²) in [6.45, 7) is 0. The van der Waals surface area contributed by atoms with Crippen molar-refractivity contribution in [1.82, 2.24) is 0 Å². The quantitative estimate of drug-likeness (QED) is 0.850. The summed E-state index contributed by atoms with van der Waals surface area (Å²) in [7, 11) is 1.50. The average Bonchev–Trinajstić information content (AvgIpc) is 2.35. The van der Waals surface area contributed by atoms with Crippen LogP contribution in [0.3, 0.4) is 0 Å². The molecule has 0 bridgehead atoms. The number of rotatable bonds is 3. The monoisotopic (exact) mass is 295 g/mol. The van der Waals surface area contributed by atoms with Gasteiger partial charge in [-0.05, 0) is 42.0 Å². The molecule has 2 aromatic rings. The fraction of sp³-hybridized carbons (Fsp3) is 0.0714. The Morgan fingerprint density at radius 3 is 2.37 bits per heavy atom. The van der Waals surface area contributed by atoms with Crippen molar-refractivity contribution in [3.05, 3.63) is 52.0 Å². The van der Waals surface area contributed by atoms with Gasteiger partial charge >= 0.3 is 0 Å². The summed E-state index contributed by atoms with van der Waals surface area (Å²) in [6, 6.07) is 10.1. The maximum Gasteiger partial charge on any atom is 0.160 e. The highest BCUT2D eigenvalue weighted by atomic mass is 35.5. The fourth-order valence-corrected chi connectivity index (χ4v) is 2.06. The third-order valence-corrected chi connectivity index (χ3v) is 2.85. The van der Waals surface area contributed by atoms with Crippen molar-refractivity contribution in [3.63, 3.8) is 0 Å². The van der Waals surface area contributed by atoms with Crippen LogP contribution < -0.4 is 4.74 Å². The molecule has 1 N–H and O–H groups in total. The van der Waals surface area contributed by atoms with E-state index >= 15 is 0 Å². The summed E-state index contributed by atoms with van der Waals surface area (Å²) in [5.74, 6) is 0.485. The molecule has 0 unspecified atom stereocenters. The first-order valence-electron chi connectivity index (χ1n) is 5.45. The van der Waals surface area contributed by atoms with E-state index in [0.29, 0.717) is 21.5 Å². The van der Waals surface area contributed by atoms with Crippen molar-refractivity contribution in [2.45, 2.75) is 0 Å². The SMILES string of the molecule is COc1ccc(C=Nc2cc(Cl)cc(Cl)c2)cc1O. The van der Waals surface area contributed by atoms with E-state index < -0.39 is 0 Å². The summed E-state index contributed by atoms with van der Waals surface area (Å²) in [4.78, 5) is 4.25. The minimum Gasteiger partial charge on any atom is -0.504 e. The molecule has 0 aliphatic carbocycles. The average molecular weight is 296 g/mol. The van der Waals surface area contributed by atoms with E-state index in [-0.39, 0.29) is 5.75 Å². The van der Waals surface area contributed by atoms with Crippen LogP contribution in [-0.4, -0.2) is 18.4 Å². The highest BCUT2D eigenvalue weighted by molar-refractivity contribution is 6.35. The predicted octanol–water partition coefficient (Wildman–Crippen LogP) is 4.46. The Labute approximate surface area is 121 Å². The van der Waals surface area contributed by atoms with E-state index in [1.807, 2.05) is 0 Å². The molecule has 5 heteroatoms. The Hall–Kier alpha value is -1.71. The number of phenols is 1. The molecule has 3 nitrogen and oxygen atoms in total. The van der Waals surface area contributed by atoms with Gasteiger partial charge in [-0.2, -0.15) is 0 Å². The van der Waals surface area contributed by atoms with Gasteiger partial charge in [-0.3, -0.25) is 4.99 Å². The molecule has 0 saturated heterocycles. The Balaban J connectivity index is 2.24. The number of aromatic hydroxyl groups is 1. The maximum absolute atomic E-state index is 9.65. The van der Waals surface area contributed by atoms with Crippen LogP contribution in [-0.2, 0) is 0 Å². The van der Waals surface area contributed by atoms with Crippen LogP contribution in [0.5, 0.6) is 11.5 Å². The normalized spacial score (nSPS) is 10.9. The lowest BCUT2D eigenvalue weighted by Gasteiger charge is -2.03. The second-order valence-corrected chi connectivity index (χ2v) is 4.69. The molecule has 2 rings (SSSR count). The van der Waals surface area contributed by atoms with Crippen molar-refractivity contribution in [2.24, 2.45) is 4.99 Å². The Bertz CT molecular complexity index is 607. The molecule has 0 saturated carbocycles. The first-order valence-corrected chi connectivity index (χ1v) is 6.21. The Morgan fingerprint density at radius 1 is 1.11 bits per heavy atom. The molecule has 0 radical (unpaired) electrons. The number of methoxy groups -OCH3 is 1. The number of aliphatic imine (C=N–C) groups is 1. The third kappa shape index (κ3) is 3.63. The summed E-state index contributed by atoms with van der Waals surface area (Å²) >= 11 is 11.8. The second-order valence-electron chi connectivity index (χ2n) is 3.82. The van der Waals surface area contributed by atoms with Gasteiger partial charge in [-0.25, -0.2) is 0 Å². The second kappa shape index (κ2) is 5.95. The van der Waals surface area contributed by atoms with E-state index in [2.05, 4.69) is 4.99 Å². The highest BCUT2D eigenvalue weighted by Crippen LogP contribution is 2.27. The van der Waals surface area contributed by atoms with E-state index in [1.165, 1.54) is 7.11 Å². The van der Waals surface area contributed by atoms with Crippen LogP contribution in [0.25, 0.3) is 0 Å². The number of ether oxygens (including phenoxy) is 1. The lowest BCUT2D eigenvalue weighted by Crippen LogP contribution is -1.86. The maximum atomic E-state index is 9.65. The van der Waals surface area contributed by atoms with E-state index in [1.54, 1.807) is 42.6 Å². The van der Waals surface area contributed by atoms with Gasteiger partial charge in [0.1, 0.15) is 0 Å². The fourth-order valence-electron chi connectivity index (χ4n) is 1.55. The van der Waals surface area contributed by atoms with Crippen LogP contribution in [0.4, 0.5) is 5.69 Å². The smallest absolute Gasteiger partial charge is 0.160 e. The third-order valence-electron chi connectivity index (χ3n) is 2.41. The van der Waals surface area contributed by atoms with E-state index in [0.717, 1.165) is 5.56 Å². The predicted molar refractivity (Wildman–Crippen MR) is 78.4 cm³/mol. The van der Waals surface area contributed by atoms with Gasteiger partial charge in [0.05, 0.1) is 12.8 Å². The van der Waals surface area contributed by atoms with Crippen LogP contribution in [0.1, 0.15) is 5.56 Å². The number of benzene rings is 2. The topological polar surface area (TPSA) is 41.8 Å². The number of hydrogen-bond acceptors (Lipinski definition) is 3. The van der Waals surface area contributed by atoms with Gasteiger partial charge in [-0.15, -0.1) is 0 Å². The van der Waals surface area contributed by atoms with Gasteiger partial charge in [0, 0.05) is 16.3 Å². The van der Waals surface area contributed by atoms with Gasteiger partial charge < -0.3 is 9.84 Å². The van der Waals surface area contributed by atoms with Gasteiger partial charge in [0.25, 0.3) is 0 Å². The van der Waals surface area contributed by atoms with Crippen LogP contribution >= 0.6 is 23.2 Å². The Morgan fingerprint density at radius 2 is 1.79 bits per heavy atom. The van der Waals surface area contributed by atoms with Crippen molar-refractivity contribution in [1.29, 1.82) is 0 Å². The van der Waals surface area contributed by atoms with Crippen molar-refractivity contribution in [3.8, 4) is 11.5 Å². The molecule has 0 atom stereocenters. The molecule has 98 valence electrons. The molecule has 2 aromatic carbocycles. The lowest BCUT2D eigenvalue weighted by molar-refractivity contribution is 0.373. The summed E-state index contributed by atoms with van der Waals surface area (Å²) in [6.07, 6.45) is 1.61. The number of hydrogen-bond donors (Lipinski definition) is 1. The van der Waals surface area contributed by atoms with Crippen LogP contribution in [0.2, 0.25) is 10.0 Å². The van der Waals surface area contributed by atoms with Gasteiger partial charge in [0.2, 0.25) is 0 Å². The molecule has 0 heterocycles. The minimum absolute atomic E-state index is 0.0653. The van der Waals surface area contributed by atoms with Crippen molar-refractivity contribution >= 4 is 35.1 Å². The zero-order valence-electron chi connectivity index (χ0n) is 10.1. The zero-order chi connectivity index (χ0) is 13.8. The van der Waals surface area contributed by atoms with Crippen molar-refractivity contribution in [2.75, 3.05) is 7.11 Å². The molecule has 0 aliphatic rings. The van der Waals surface area contributed by atoms with Gasteiger partial charge in [0.15, 0.2) is 11.5 Å². The van der Waals surface area contributed by atoms with Crippen LogP contribution in [0, 0.1) is 0 Å². The first kappa shape index (κ1) is 13.7. The molecule has 0 fully saturated rings. The standard InChI is InChI=1S/C14H11Cl2NO2/c1-19-14-3-2-9(4-13(14)18)8-17-12-6-10(15)5-11(16)7-12/h2-8,18H,1H3. The summed E-state index contributed by atoms with van der Waals surface area (Å²) < 4.78 is 4.96. The van der Waals surface area contributed by atoms with E-state index in [9.17, 15) is 5.11 Å². The lowest BCUT2D eigenvalue weighted by atomic mass is 10.2. The number of phenolic OH excluding ortho intramolecular Hbond substituents is 1. The largest absolute Gasteiger partial charge is 0.504 e. The minimum atomic E-state index is 0.0653. The Kier molecular flexibility index (Phi) is 4.30. The molecular formula is C14H11Cl2NO2. The molecule has 0 aliphatic heterocycles. The van der Waals surface area contributed by atoms with Crippen LogP contribution in [0.15, 0.2) is 41.4 Å². The molecule has 19 heavy (non-hydrogen) atoms. The number of halogens is 2. The number of nitrogens with zero attached hydrogens (tertiary/aromatic N) is 1. The summed E-state index contributed by atoms with van der Waals surface area (Å²) in [5.41, 5.74) is 1.39. The molecule has 0 aromatic heterocycles. The molecule has 0 spiro atoms. The highest BCUT2D eigenvalue weighted by Gasteiger charge is 2.01. The zero-order valence-corrected chi connectivity index (χ0v) is 11.6. The summed E-state index contributed by atoms with van der Waals surface area (Å²) in [5, 5.41) is 10.7. The molecular weight excluding hydrogens is 285 g/mol.